The molecule has 3 aromatic rings. The summed E-state index contributed by atoms with van der Waals surface area (Å²) in [7, 11) is 0. The van der Waals surface area contributed by atoms with Crippen LogP contribution in [0.15, 0.2) is 34.7 Å². The molecule has 0 bridgehead atoms. The second-order valence-electron chi connectivity index (χ2n) is 5.43. The van der Waals surface area contributed by atoms with E-state index in [1.54, 1.807) is 0 Å². The van der Waals surface area contributed by atoms with Crippen LogP contribution < -0.4 is 0 Å². The molecule has 0 amide bonds. The summed E-state index contributed by atoms with van der Waals surface area (Å²) in [6.45, 7) is 7.30. The maximum atomic E-state index is 5.81. The van der Waals surface area contributed by atoms with Crippen molar-refractivity contribution in [2.24, 2.45) is 5.92 Å². The Morgan fingerprint density at radius 2 is 2.00 bits per heavy atom. The van der Waals surface area contributed by atoms with Gasteiger partial charge in [0.1, 0.15) is 5.69 Å². The number of nitrogens with zero attached hydrogens (tertiary/aromatic N) is 3. The number of hydrogen-bond donors (Lipinski definition) is 0. The molecule has 4 nitrogen and oxygen atoms in total. The Morgan fingerprint density at radius 1 is 1.20 bits per heavy atom. The van der Waals surface area contributed by atoms with Crippen molar-refractivity contribution in [1.82, 2.24) is 14.8 Å². The summed E-state index contributed by atoms with van der Waals surface area (Å²) in [6, 6.07) is 10.4. The van der Waals surface area contributed by atoms with E-state index in [1.165, 1.54) is 10.9 Å². The Kier molecular flexibility index (Phi) is 3.30. The summed E-state index contributed by atoms with van der Waals surface area (Å²) >= 11 is 0. The van der Waals surface area contributed by atoms with Crippen molar-refractivity contribution in [1.29, 1.82) is 0 Å². The van der Waals surface area contributed by atoms with Gasteiger partial charge in [0.2, 0.25) is 5.89 Å². The van der Waals surface area contributed by atoms with Gasteiger partial charge in [-0.3, -0.25) is 0 Å². The van der Waals surface area contributed by atoms with E-state index in [0.29, 0.717) is 17.7 Å². The van der Waals surface area contributed by atoms with Crippen molar-refractivity contribution in [2.45, 2.75) is 33.7 Å². The van der Waals surface area contributed by atoms with Gasteiger partial charge in [0.15, 0.2) is 0 Å². The van der Waals surface area contributed by atoms with Gasteiger partial charge in [-0.2, -0.15) is 0 Å². The van der Waals surface area contributed by atoms with Crippen molar-refractivity contribution in [3.05, 3.63) is 36.2 Å². The lowest BCUT2D eigenvalue weighted by atomic mass is 10.1. The summed E-state index contributed by atoms with van der Waals surface area (Å²) in [5, 5.41) is 9.56. The molecule has 0 aliphatic carbocycles. The first kappa shape index (κ1) is 12.9. The van der Waals surface area contributed by atoms with E-state index in [0.717, 1.165) is 18.7 Å². The number of fused-ring (bicyclic) bond motifs is 1. The van der Waals surface area contributed by atoms with Gasteiger partial charge in [-0.1, -0.05) is 32.0 Å². The second kappa shape index (κ2) is 5.12. The third-order valence-corrected chi connectivity index (χ3v) is 3.40. The summed E-state index contributed by atoms with van der Waals surface area (Å²) in [5.41, 5.74) is 2.20. The lowest BCUT2D eigenvalue weighted by Gasteiger charge is -2.04. The van der Waals surface area contributed by atoms with Crippen LogP contribution in [0.4, 0.5) is 0 Å². The molecule has 0 fully saturated rings. The fourth-order valence-corrected chi connectivity index (χ4v) is 2.52. The molecule has 0 radical (unpaired) electrons. The molecular formula is C16H19N3O. The average Bonchev–Trinajstić information content (AvgIpc) is 3.01. The standard InChI is InChI=1S/C16H19N3O/c1-4-19-13-8-6-5-7-12(13)10-14(19)16-18-17-15(20-16)9-11(2)3/h5-8,10-11H,4,9H2,1-3H3. The van der Waals surface area contributed by atoms with Crippen LogP contribution >= 0.6 is 0 Å². The van der Waals surface area contributed by atoms with Crippen LogP contribution in [0.5, 0.6) is 0 Å². The molecule has 20 heavy (non-hydrogen) atoms. The molecule has 0 aliphatic rings. The van der Waals surface area contributed by atoms with E-state index >= 15 is 0 Å². The summed E-state index contributed by atoms with van der Waals surface area (Å²) in [4.78, 5) is 0. The Balaban J connectivity index is 2.07. The van der Waals surface area contributed by atoms with Crippen LogP contribution in [0.1, 0.15) is 26.7 Å². The van der Waals surface area contributed by atoms with Crippen LogP contribution in [0.25, 0.3) is 22.5 Å². The molecule has 0 atom stereocenters. The zero-order valence-corrected chi connectivity index (χ0v) is 12.1. The molecule has 0 saturated heterocycles. The molecule has 2 aromatic heterocycles. The van der Waals surface area contributed by atoms with E-state index in [1.807, 2.05) is 6.07 Å². The summed E-state index contributed by atoms with van der Waals surface area (Å²) in [6.07, 6.45) is 0.819. The number of benzene rings is 1. The van der Waals surface area contributed by atoms with E-state index in [4.69, 9.17) is 4.42 Å². The fourth-order valence-electron chi connectivity index (χ4n) is 2.52. The Labute approximate surface area is 118 Å². The van der Waals surface area contributed by atoms with Crippen LogP contribution in [0, 0.1) is 5.92 Å². The maximum absolute atomic E-state index is 5.81. The van der Waals surface area contributed by atoms with E-state index in [2.05, 4.69) is 59.8 Å². The van der Waals surface area contributed by atoms with Crippen molar-refractivity contribution < 1.29 is 4.42 Å². The first-order chi connectivity index (χ1) is 9.69. The SMILES string of the molecule is CCn1c(-c2nnc(CC(C)C)o2)cc2ccccc21. The van der Waals surface area contributed by atoms with Crippen LogP contribution in [0.3, 0.4) is 0 Å². The minimum Gasteiger partial charge on any atom is -0.419 e. The molecule has 4 heteroatoms. The largest absolute Gasteiger partial charge is 0.419 e. The second-order valence-corrected chi connectivity index (χ2v) is 5.43. The fraction of sp³-hybridized carbons (Fsp3) is 0.375. The predicted octanol–water partition coefficient (Wildman–Crippen LogP) is 3.91. The summed E-state index contributed by atoms with van der Waals surface area (Å²) in [5.74, 6) is 1.84. The first-order valence-electron chi connectivity index (χ1n) is 7.10. The molecule has 0 N–H and O–H groups in total. The maximum Gasteiger partial charge on any atom is 0.264 e. The molecule has 0 spiro atoms. The monoisotopic (exact) mass is 269 g/mol. The highest BCUT2D eigenvalue weighted by Gasteiger charge is 2.15. The van der Waals surface area contributed by atoms with Gasteiger partial charge in [0, 0.05) is 23.9 Å². The average molecular weight is 269 g/mol. The number of rotatable bonds is 4. The third kappa shape index (κ3) is 2.22. The minimum absolute atomic E-state index is 0.514. The van der Waals surface area contributed by atoms with Crippen LogP contribution in [0.2, 0.25) is 0 Å². The molecule has 2 heterocycles. The predicted molar refractivity (Wildman–Crippen MR) is 79.4 cm³/mol. The highest BCUT2D eigenvalue weighted by atomic mass is 16.4. The van der Waals surface area contributed by atoms with E-state index in [-0.39, 0.29) is 0 Å². The van der Waals surface area contributed by atoms with Gasteiger partial charge >= 0.3 is 0 Å². The number of aryl methyl sites for hydroxylation is 1. The Hall–Kier alpha value is -2.10. The van der Waals surface area contributed by atoms with Gasteiger partial charge in [-0.25, -0.2) is 0 Å². The topological polar surface area (TPSA) is 43.9 Å². The quantitative estimate of drug-likeness (QED) is 0.721. The van der Waals surface area contributed by atoms with E-state index in [9.17, 15) is 0 Å². The van der Waals surface area contributed by atoms with Gasteiger partial charge in [-0.15, -0.1) is 10.2 Å². The van der Waals surface area contributed by atoms with Crippen molar-refractivity contribution in [3.63, 3.8) is 0 Å². The molecular weight excluding hydrogens is 250 g/mol. The number of para-hydroxylation sites is 1. The Morgan fingerprint density at radius 3 is 2.75 bits per heavy atom. The molecule has 0 saturated carbocycles. The highest BCUT2D eigenvalue weighted by molar-refractivity contribution is 5.85. The molecule has 3 rings (SSSR count). The van der Waals surface area contributed by atoms with Crippen LogP contribution in [-0.4, -0.2) is 14.8 Å². The van der Waals surface area contributed by atoms with Gasteiger partial charge in [0.25, 0.3) is 5.89 Å². The van der Waals surface area contributed by atoms with Crippen molar-refractivity contribution >= 4 is 10.9 Å². The first-order valence-corrected chi connectivity index (χ1v) is 7.10. The molecule has 0 unspecified atom stereocenters. The van der Waals surface area contributed by atoms with Gasteiger partial charge in [-0.05, 0) is 25.0 Å². The van der Waals surface area contributed by atoms with Crippen molar-refractivity contribution in [2.75, 3.05) is 0 Å². The van der Waals surface area contributed by atoms with E-state index < -0.39 is 0 Å². The third-order valence-electron chi connectivity index (χ3n) is 3.40. The summed E-state index contributed by atoms with van der Waals surface area (Å²) < 4.78 is 8.02. The number of aromatic nitrogens is 3. The Bertz CT molecular complexity index is 724. The van der Waals surface area contributed by atoms with Gasteiger partial charge < -0.3 is 8.98 Å². The lowest BCUT2D eigenvalue weighted by Crippen LogP contribution is -1.96. The zero-order valence-electron chi connectivity index (χ0n) is 12.1. The van der Waals surface area contributed by atoms with Crippen molar-refractivity contribution in [3.8, 4) is 11.6 Å². The molecule has 0 aliphatic heterocycles. The smallest absolute Gasteiger partial charge is 0.264 e. The molecule has 104 valence electrons. The highest BCUT2D eigenvalue weighted by Crippen LogP contribution is 2.27. The van der Waals surface area contributed by atoms with Gasteiger partial charge in [0.05, 0.1) is 0 Å². The molecule has 1 aromatic carbocycles. The van der Waals surface area contributed by atoms with Crippen LogP contribution in [-0.2, 0) is 13.0 Å². The zero-order chi connectivity index (χ0) is 14.1. The minimum atomic E-state index is 0.514. The normalized spacial score (nSPS) is 11.6. The lowest BCUT2D eigenvalue weighted by molar-refractivity contribution is 0.464. The number of hydrogen-bond acceptors (Lipinski definition) is 3.